The fourth-order valence-electron chi connectivity index (χ4n) is 1.67. The first-order valence-corrected chi connectivity index (χ1v) is 4.61. The molecule has 1 fully saturated rings. The van der Waals surface area contributed by atoms with Crippen LogP contribution in [0.4, 0.5) is 0 Å². The van der Waals surface area contributed by atoms with Crippen LogP contribution in [0, 0.1) is 17.3 Å². The van der Waals surface area contributed by atoms with Crippen molar-refractivity contribution in [2.75, 3.05) is 0 Å². The van der Waals surface area contributed by atoms with Gasteiger partial charge in [-0.15, -0.1) is 0 Å². The Kier molecular flexibility index (Phi) is 2.29. The van der Waals surface area contributed by atoms with Crippen LogP contribution < -0.4 is 0 Å². The van der Waals surface area contributed by atoms with Crippen molar-refractivity contribution in [3.05, 3.63) is 0 Å². The Labute approximate surface area is 69.8 Å². The maximum absolute atomic E-state index is 9.86. The van der Waals surface area contributed by atoms with Gasteiger partial charge in [-0.1, -0.05) is 27.7 Å². The first-order chi connectivity index (χ1) is 4.93. The van der Waals surface area contributed by atoms with E-state index >= 15 is 0 Å². The van der Waals surface area contributed by atoms with Crippen molar-refractivity contribution in [3.8, 4) is 0 Å². The maximum Gasteiger partial charge on any atom is 0.0616 e. The molecule has 2 unspecified atom stereocenters. The summed E-state index contributed by atoms with van der Waals surface area (Å²) >= 11 is 0. The number of aliphatic hydroxyl groups excluding tert-OH is 1. The molecule has 1 aliphatic rings. The Hall–Kier alpha value is -0.0400. The quantitative estimate of drug-likeness (QED) is 0.651. The van der Waals surface area contributed by atoms with Crippen LogP contribution in [0.1, 0.15) is 40.5 Å². The SMILES string of the molecule is CC(C1CC1)C(O)C(C)(C)C. The monoisotopic (exact) mass is 156 g/mol. The molecule has 0 radical (unpaired) electrons. The van der Waals surface area contributed by atoms with Crippen molar-refractivity contribution in [1.29, 1.82) is 0 Å². The third-order valence-electron chi connectivity index (χ3n) is 2.75. The zero-order valence-corrected chi connectivity index (χ0v) is 8.09. The average Bonchev–Trinajstić information content (AvgIpc) is 2.63. The summed E-state index contributed by atoms with van der Waals surface area (Å²) in [6.45, 7) is 8.50. The highest BCUT2D eigenvalue weighted by Crippen LogP contribution is 2.41. The number of rotatable bonds is 2. The molecule has 0 aromatic heterocycles. The van der Waals surface area contributed by atoms with Crippen LogP contribution in [0.25, 0.3) is 0 Å². The Balaban J connectivity index is 2.45. The van der Waals surface area contributed by atoms with Crippen LogP contribution in [-0.2, 0) is 0 Å². The Morgan fingerprint density at radius 3 is 2.00 bits per heavy atom. The van der Waals surface area contributed by atoms with Gasteiger partial charge >= 0.3 is 0 Å². The van der Waals surface area contributed by atoms with Gasteiger partial charge in [-0.2, -0.15) is 0 Å². The maximum atomic E-state index is 9.86. The lowest BCUT2D eigenvalue weighted by Crippen LogP contribution is -2.33. The molecular formula is C10H20O. The molecule has 1 nitrogen and oxygen atoms in total. The van der Waals surface area contributed by atoms with Gasteiger partial charge in [0.2, 0.25) is 0 Å². The lowest BCUT2D eigenvalue weighted by Gasteiger charge is -2.31. The molecule has 0 heterocycles. The molecular weight excluding hydrogens is 136 g/mol. The second kappa shape index (κ2) is 2.78. The molecule has 0 aromatic carbocycles. The van der Waals surface area contributed by atoms with Gasteiger partial charge in [-0.3, -0.25) is 0 Å². The van der Waals surface area contributed by atoms with Crippen LogP contribution in [0.15, 0.2) is 0 Å². The topological polar surface area (TPSA) is 20.2 Å². The van der Waals surface area contributed by atoms with Crippen molar-refractivity contribution in [2.24, 2.45) is 17.3 Å². The number of hydrogen-bond donors (Lipinski definition) is 1. The smallest absolute Gasteiger partial charge is 0.0616 e. The van der Waals surface area contributed by atoms with Crippen molar-refractivity contribution < 1.29 is 5.11 Å². The van der Waals surface area contributed by atoms with E-state index in [1.165, 1.54) is 12.8 Å². The zero-order valence-electron chi connectivity index (χ0n) is 8.09. The summed E-state index contributed by atoms with van der Waals surface area (Å²) in [6, 6.07) is 0. The van der Waals surface area contributed by atoms with Gasteiger partial charge in [-0.25, -0.2) is 0 Å². The standard InChI is InChI=1S/C10H20O/c1-7(8-5-6-8)9(11)10(2,3)4/h7-9,11H,5-6H2,1-4H3. The molecule has 1 aliphatic carbocycles. The minimum atomic E-state index is -0.130. The van der Waals surface area contributed by atoms with Gasteiger partial charge in [0.05, 0.1) is 6.10 Å². The van der Waals surface area contributed by atoms with E-state index in [0.29, 0.717) is 5.92 Å². The van der Waals surface area contributed by atoms with E-state index in [4.69, 9.17) is 0 Å². The summed E-state index contributed by atoms with van der Waals surface area (Å²) in [6.07, 6.45) is 2.53. The van der Waals surface area contributed by atoms with Gasteiger partial charge in [0, 0.05) is 0 Å². The highest BCUT2D eigenvalue weighted by molar-refractivity contribution is 4.87. The summed E-state index contributed by atoms with van der Waals surface area (Å²) in [5.41, 5.74) is 0.0575. The zero-order chi connectivity index (χ0) is 8.65. The van der Waals surface area contributed by atoms with Gasteiger partial charge < -0.3 is 5.11 Å². The molecule has 1 heteroatoms. The molecule has 0 aromatic rings. The number of aliphatic hydroxyl groups is 1. The van der Waals surface area contributed by atoms with Crippen molar-refractivity contribution in [3.63, 3.8) is 0 Å². The van der Waals surface area contributed by atoms with E-state index < -0.39 is 0 Å². The van der Waals surface area contributed by atoms with E-state index in [9.17, 15) is 5.11 Å². The third kappa shape index (κ3) is 2.19. The summed E-state index contributed by atoms with van der Waals surface area (Å²) in [4.78, 5) is 0. The summed E-state index contributed by atoms with van der Waals surface area (Å²) in [5, 5.41) is 9.86. The van der Waals surface area contributed by atoms with Crippen LogP contribution >= 0.6 is 0 Å². The predicted molar refractivity (Wildman–Crippen MR) is 47.3 cm³/mol. The number of hydrogen-bond acceptors (Lipinski definition) is 1. The van der Waals surface area contributed by atoms with Crippen molar-refractivity contribution >= 4 is 0 Å². The lowest BCUT2D eigenvalue weighted by atomic mass is 9.80. The van der Waals surface area contributed by atoms with Crippen molar-refractivity contribution in [2.45, 2.75) is 46.6 Å². The Morgan fingerprint density at radius 2 is 1.73 bits per heavy atom. The minimum absolute atomic E-state index is 0.0575. The molecule has 0 saturated heterocycles. The van der Waals surface area contributed by atoms with Gasteiger partial charge in [0.25, 0.3) is 0 Å². The first kappa shape index (κ1) is 9.05. The Bertz CT molecular complexity index is 130. The van der Waals surface area contributed by atoms with Crippen LogP contribution in [0.5, 0.6) is 0 Å². The highest BCUT2D eigenvalue weighted by Gasteiger charge is 2.37. The molecule has 66 valence electrons. The molecule has 1 saturated carbocycles. The average molecular weight is 156 g/mol. The van der Waals surface area contributed by atoms with E-state index in [1.807, 2.05) is 0 Å². The summed E-state index contributed by atoms with van der Waals surface area (Å²) < 4.78 is 0. The second-order valence-corrected chi connectivity index (χ2v) is 5.01. The largest absolute Gasteiger partial charge is 0.392 e. The Morgan fingerprint density at radius 1 is 1.27 bits per heavy atom. The molecule has 1 N–H and O–H groups in total. The molecule has 1 rings (SSSR count). The fourth-order valence-corrected chi connectivity index (χ4v) is 1.67. The van der Waals surface area contributed by atoms with E-state index in [0.717, 1.165) is 5.92 Å². The second-order valence-electron chi connectivity index (χ2n) is 5.01. The van der Waals surface area contributed by atoms with Gasteiger partial charge in [-0.05, 0) is 30.1 Å². The summed E-state index contributed by atoms with van der Waals surface area (Å²) in [7, 11) is 0. The highest BCUT2D eigenvalue weighted by atomic mass is 16.3. The fraction of sp³-hybridized carbons (Fsp3) is 1.00. The lowest BCUT2D eigenvalue weighted by molar-refractivity contribution is 0.0103. The summed E-state index contributed by atoms with van der Waals surface area (Å²) in [5.74, 6) is 1.30. The van der Waals surface area contributed by atoms with Crippen LogP contribution in [-0.4, -0.2) is 11.2 Å². The first-order valence-electron chi connectivity index (χ1n) is 4.61. The van der Waals surface area contributed by atoms with Crippen molar-refractivity contribution in [1.82, 2.24) is 0 Å². The molecule has 0 bridgehead atoms. The van der Waals surface area contributed by atoms with Gasteiger partial charge in [0.1, 0.15) is 0 Å². The minimum Gasteiger partial charge on any atom is -0.392 e. The molecule has 0 aliphatic heterocycles. The molecule has 0 amide bonds. The molecule has 2 atom stereocenters. The molecule has 0 spiro atoms. The predicted octanol–water partition coefficient (Wildman–Crippen LogP) is 2.44. The van der Waals surface area contributed by atoms with E-state index in [-0.39, 0.29) is 11.5 Å². The van der Waals surface area contributed by atoms with Crippen LogP contribution in [0.3, 0.4) is 0 Å². The van der Waals surface area contributed by atoms with E-state index in [1.54, 1.807) is 0 Å². The normalized spacial score (nSPS) is 24.8. The van der Waals surface area contributed by atoms with Crippen LogP contribution in [0.2, 0.25) is 0 Å². The third-order valence-corrected chi connectivity index (χ3v) is 2.75. The van der Waals surface area contributed by atoms with E-state index in [2.05, 4.69) is 27.7 Å². The van der Waals surface area contributed by atoms with Gasteiger partial charge in [0.15, 0.2) is 0 Å². The molecule has 11 heavy (non-hydrogen) atoms.